The molecule has 0 saturated heterocycles. The normalized spacial score (nSPS) is 15.7. The summed E-state index contributed by atoms with van der Waals surface area (Å²) in [6.07, 6.45) is 3.53. The summed E-state index contributed by atoms with van der Waals surface area (Å²) in [6, 6.07) is 6.91. The van der Waals surface area contributed by atoms with E-state index in [9.17, 15) is 4.39 Å². The summed E-state index contributed by atoms with van der Waals surface area (Å²) in [4.78, 5) is 15.5. The smallest absolute Gasteiger partial charge is 0.160 e. The first-order chi connectivity index (χ1) is 13.1. The molecule has 0 radical (unpaired) electrons. The SMILES string of the molecule is CN1CCCCNc2ccc3ncnc(c3n2)Nc2cc(Cl)c(F)cc2C1. The minimum atomic E-state index is -0.427. The maximum absolute atomic E-state index is 14.1. The number of hydrogen-bond acceptors (Lipinski definition) is 6. The third-order valence-corrected chi connectivity index (χ3v) is 4.88. The second-order valence-electron chi connectivity index (χ2n) is 6.71. The van der Waals surface area contributed by atoms with Crippen LogP contribution in [0.25, 0.3) is 11.0 Å². The van der Waals surface area contributed by atoms with E-state index in [1.54, 1.807) is 6.07 Å². The van der Waals surface area contributed by atoms with Crippen LogP contribution in [0.1, 0.15) is 18.4 Å². The molecule has 8 heteroatoms. The number of nitrogens with zero attached hydrogens (tertiary/aromatic N) is 4. The molecule has 0 spiro atoms. The van der Waals surface area contributed by atoms with E-state index in [2.05, 4.69) is 30.5 Å². The van der Waals surface area contributed by atoms with Crippen LogP contribution >= 0.6 is 11.6 Å². The number of fused-ring (bicyclic) bond motifs is 2. The molecule has 0 aliphatic carbocycles. The summed E-state index contributed by atoms with van der Waals surface area (Å²) in [5.41, 5.74) is 2.92. The van der Waals surface area contributed by atoms with Crippen LogP contribution < -0.4 is 10.6 Å². The topological polar surface area (TPSA) is 66.0 Å². The highest BCUT2D eigenvalue weighted by Gasteiger charge is 2.14. The lowest BCUT2D eigenvalue weighted by Crippen LogP contribution is -2.21. The zero-order valence-electron chi connectivity index (χ0n) is 15.0. The molecule has 2 aromatic heterocycles. The lowest BCUT2D eigenvalue weighted by atomic mass is 10.1. The van der Waals surface area contributed by atoms with Crippen LogP contribution in [0.2, 0.25) is 5.02 Å². The number of halogens is 2. The van der Waals surface area contributed by atoms with Crippen molar-refractivity contribution in [1.29, 1.82) is 0 Å². The Labute approximate surface area is 161 Å². The Kier molecular flexibility index (Phi) is 5.05. The van der Waals surface area contributed by atoms with Crippen molar-refractivity contribution in [3.8, 4) is 0 Å². The highest BCUT2D eigenvalue weighted by atomic mass is 35.5. The molecule has 0 saturated carbocycles. The van der Waals surface area contributed by atoms with E-state index in [1.165, 1.54) is 12.4 Å². The third-order valence-electron chi connectivity index (χ3n) is 4.59. The number of hydrogen-bond donors (Lipinski definition) is 2. The van der Waals surface area contributed by atoms with Crippen LogP contribution in [-0.2, 0) is 6.54 Å². The molecule has 1 aliphatic rings. The van der Waals surface area contributed by atoms with Gasteiger partial charge in [-0.05, 0) is 56.3 Å². The molecule has 140 valence electrons. The van der Waals surface area contributed by atoms with E-state index < -0.39 is 5.82 Å². The minimum Gasteiger partial charge on any atom is -0.370 e. The Bertz CT molecular complexity index is 980. The first-order valence-electron chi connectivity index (χ1n) is 8.89. The summed E-state index contributed by atoms with van der Waals surface area (Å²) in [5.74, 6) is 0.916. The second-order valence-corrected chi connectivity index (χ2v) is 7.11. The molecule has 1 aliphatic heterocycles. The van der Waals surface area contributed by atoms with Crippen molar-refractivity contribution in [3.05, 3.63) is 47.0 Å². The van der Waals surface area contributed by atoms with Crippen LogP contribution in [-0.4, -0.2) is 40.0 Å². The summed E-state index contributed by atoms with van der Waals surface area (Å²) >= 11 is 6.04. The van der Waals surface area contributed by atoms with Gasteiger partial charge in [0.1, 0.15) is 23.5 Å². The summed E-state index contributed by atoms with van der Waals surface area (Å²) < 4.78 is 14.1. The van der Waals surface area contributed by atoms with Gasteiger partial charge in [-0.1, -0.05) is 11.6 Å². The average molecular weight is 387 g/mol. The number of aromatic nitrogens is 3. The first kappa shape index (κ1) is 17.9. The number of anilines is 3. The van der Waals surface area contributed by atoms with Gasteiger partial charge < -0.3 is 15.5 Å². The first-order valence-corrected chi connectivity index (χ1v) is 9.27. The van der Waals surface area contributed by atoms with E-state index in [-0.39, 0.29) is 5.02 Å². The van der Waals surface area contributed by atoms with Crippen molar-refractivity contribution in [2.75, 3.05) is 30.8 Å². The molecule has 0 atom stereocenters. The minimum absolute atomic E-state index is 0.0682. The Morgan fingerprint density at radius 2 is 2.07 bits per heavy atom. The molecule has 27 heavy (non-hydrogen) atoms. The maximum atomic E-state index is 14.1. The average Bonchev–Trinajstić information content (AvgIpc) is 2.65. The Morgan fingerprint density at radius 3 is 2.96 bits per heavy atom. The van der Waals surface area contributed by atoms with Gasteiger partial charge in [-0.3, -0.25) is 0 Å². The van der Waals surface area contributed by atoms with Crippen molar-refractivity contribution in [3.63, 3.8) is 0 Å². The van der Waals surface area contributed by atoms with Crippen LogP contribution in [0, 0.1) is 5.82 Å². The molecule has 0 fully saturated rings. The maximum Gasteiger partial charge on any atom is 0.160 e. The molecule has 0 amide bonds. The highest BCUT2D eigenvalue weighted by molar-refractivity contribution is 6.31. The largest absolute Gasteiger partial charge is 0.370 e. The molecule has 2 N–H and O–H groups in total. The summed E-state index contributed by atoms with van der Waals surface area (Å²) in [5, 5.41) is 6.70. The second kappa shape index (κ2) is 7.62. The molecule has 0 unspecified atom stereocenters. The fourth-order valence-corrected chi connectivity index (χ4v) is 3.35. The highest BCUT2D eigenvalue weighted by Crippen LogP contribution is 2.30. The van der Waals surface area contributed by atoms with Crippen molar-refractivity contribution in [2.45, 2.75) is 19.4 Å². The van der Waals surface area contributed by atoms with Crippen LogP contribution in [0.5, 0.6) is 0 Å². The fraction of sp³-hybridized carbons (Fsp3) is 0.316. The predicted octanol–water partition coefficient (Wildman–Crippen LogP) is 4.20. The van der Waals surface area contributed by atoms with Gasteiger partial charge in [0.2, 0.25) is 0 Å². The zero-order valence-corrected chi connectivity index (χ0v) is 15.7. The Morgan fingerprint density at radius 1 is 1.19 bits per heavy atom. The van der Waals surface area contributed by atoms with E-state index in [0.717, 1.165) is 42.8 Å². The fourth-order valence-electron chi connectivity index (χ4n) is 3.19. The molecular formula is C19H20ClFN6. The third kappa shape index (κ3) is 3.94. The van der Waals surface area contributed by atoms with E-state index in [1.807, 2.05) is 19.2 Å². The van der Waals surface area contributed by atoms with Gasteiger partial charge in [-0.15, -0.1) is 0 Å². The van der Waals surface area contributed by atoms with Gasteiger partial charge in [-0.25, -0.2) is 19.3 Å². The van der Waals surface area contributed by atoms with E-state index in [0.29, 0.717) is 23.6 Å². The van der Waals surface area contributed by atoms with Crippen molar-refractivity contribution < 1.29 is 4.39 Å². The molecule has 3 aromatic rings. The molecule has 4 rings (SSSR count). The van der Waals surface area contributed by atoms with E-state index in [4.69, 9.17) is 11.6 Å². The summed E-state index contributed by atoms with van der Waals surface area (Å²) in [7, 11) is 2.03. The lowest BCUT2D eigenvalue weighted by Gasteiger charge is -2.21. The molecule has 3 heterocycles. The quantitative estimate of drug-likeness (QED) is 0.603. The monoisotopic (exact) mass is 386 g/mol. The Balaban J connectivity index is 1.83. The standard InChI is InChI=1S/C19H20ClFN6/c1-27-7-3-2-6-22-17-5-4-15-18(26-17)19(24-11-23-15)25-16-9-13(20)14(21)8-12(16)10-27/h4-5,8-9,11H,2-3,6-7,10H2,1H3,(H,22,26)(H,23,24,25). The molecular weight excluding hydrogens is 367 g/mol. The number of benzene rings is 1. The van der Waals surface area contributed by atoms with Crippen molar-refractivity contribution in [2.24, 2.45) is 0 Å². The summed E-state index contributed by atoms with van der Waals surface area (Å²) in [6.45, 7) is 2.35. The van der Waals surface area contributed by atoms with Gasteiger partial charge in [-0.2, -0.15) is 0 Å². The number of pyridine rings is 1. The number of rotatable bonds is 0. The van der Waals surface area contributed by atoms with E-state index >= 15 is 0 Å². The van der Waals surface area contributed by atoms with Gasteiger partial charge in [0.15, 0.2) is 5.82 Å². The molecule has 2 bridgehead atoms. The van der Waals surface area contributed by atoms with Gasteiger partial charge in [0, 0.05) is 18.8 Å². The van der Waals surface area contributed by atoms with Gasteiger partial charge in [0.05, 0.1) is 10.5 Å². The van der Waals surface area contributed by atoms with Crippen LogP contribution in [0.4, 0.5) is 21.7 Å². The number of nitrogens with one attached hydrogen (secondary N) is 2. The molecule has 6 nitrogen and oxygen atoms in total. The van der Waals surface area contributed by atoms with Crippen molar-refractivity contribution >= 4 is 40.0 Å². The predicted molar refractivity (Wildman–Crippen MR) is 106 cm³/mol. The van der Waals surface area contributed by atoms with Crippen LogP contribution in [0.15, 0.2) is 30.6 Å². The van der Waals surface area contributed by atoms with Crippen molar-refractivity contribution in [1.82, 2.24) is 19.9 Å². The van der Waals surface area contributed by atoms with Gasteiger partial charge >= 0.3 is 0 Å². The zero-order chi connectivity index (χ0) is 18.8. The van der Waals surface area contributed by atoms with Gasteiger partial charge in [0.25, 0.3) is 0 Å². The lowest BCUT2D eigenvalue weighted by molar-refractivity contribution is 0.320. The molecule has 1 aromatic carbocycles. The Hall–Kier alpha value is -2.51. The van der Waals surface area contributed by atoms with Crippen LogP contribution in [0.3, 0.4) is 0 Å².